The van der Waals surface area contributed by atoms with Crippen molar-refractivity contribution in [3.8, 4) is 6.07 Å². The highest BCUT2D eigenvalue weighted by atomic mass is 15.1. The first-order valence-corrected chi connectivity index (χ1v) is 5.69. The molecule has 0 aromatic heterocycles. The summed E-state index contributed by atoms with van der Waals surface area (Å²) in [6, 6.07) is 7.53. The molecule has 0 bridgehead atoms. The molecule has 0 heterocycles. The Morgan fingerprint density at radius 3 is 2.75 bits per heavy atom. The molecule has 0 spiro atoms. The summed E-state index contributed by atoms with van der Waals surface area (Å²) < 4.78 is 0. The minimum absolute atomic E-state index is 0.659. The molecule has 2 N–H and O–H groups in total. The van der Waals surface area contributed by atoms with E-state index in [0.717, 1.165) is 24.3 Å². The summed E-state index contributed by atoms with van der Waals surface area (Å²) in [6.45, 7) is 3.16. The third-order valence-electron chi connectivity index (χ3n) is 2.67. The monoisotopic (exact) mass is 217 g/mol. The number of nitriles is 1. The summed E-state index contributed by atoms with van der Waals surface area (Å²) in [5, 5.41) is 8.84. The van der Waals surface area contributed by atoms with Crippen molar-refractivity contribution in [2.24, 2.45) is 0 Å². The van der Waals surface area contributed by atoms with Gasteiger partial charge >= 0.3 is 0 Å². The molecule has 0 amide bonds. The van der Waals surface area contributed by atoms with Crippen molar-refractivity contribution in [1.29, 1.82) is 5.26 Å². The smallest absolute Gasteiger partial charge is 0.0992 e. The van der Waals surface area contributed by atoms with E-state index in [1.54, 1.807) is 12.1 Å². The van der Waals surface area contributed by atoms with E-state index in [9.17, 15) is 0 Å². The topological polar surface area (TPSA) is 53.0 Å². The van der Waals surface area contributed by atoms with Crippen LogP contribution in [0.25, 0.3) is 0 Å². The summed E-state index contributed by atoms with van der Waals surface area (Å²) in [6.07, 6.45) is 3.59. The molecule has 0 aliphatic rings. The summed E-state index contributed by atoms with van der Waals surface area (Å²) >= 11 is 0. The van der Waals surface area contributed by atoms with Gasteiger partial charge in [-0.3, -0.25) is 0 Å². The summed E-state index contributed by atoms with van der Waals surface area (Å²) in [4.78, 5) is 2.12. The van der Waals surface area contributed by atoms with E-state index in [1.165, 1.54) is 12.8 Å². The van der Waals surface area contributed by atoms with Gasteiger partial charge < -0.3 is 10.6 Å². The second-order valence-corrected chi connectivity index (χ2v) is 4.01. The van der Waals surface area contributed by atoms with Crippen LogP contribution in [0.3, 0.4) is 0 Å². The lowest BCUT2D eigenvalue weighted by Crippen LogP contribution is -2.19. The molecule has 0 aliphatic heterocycles. The fourth-order valence-electron chi connectivity index (χ4n) is 1.66. The fourth-order valence-corrected chi connectivity index (χ4v) is 1.66. The highest BCUT2D eigenvalue weighted by Crippen LogP contribution is 2.23. The van der Waals surface area contributed by atoms with Crippen LogP contribution < -0.4 is 10.6 Å². The van der Waals surface area contributed by atoms with Gasteiger partial charge in [-0.15, -0.1) is 0 Å². The molecule has 1 aromatic rings. The Morgan fingerprint density at radius 2 is 2.12 bits per heavy atom. The number of hydrogen-bond acceptors (Lipinski definition) is 3. The number of hydrogen-bond donors (Lipinski definition) is 1. The minimum Gasteiger partial charge on any atom is -0.397 e. The molecule has 0 saturated heterocycles. The van der Waals surface area contributed by atoms with Gasteiger partial charge in [0.05, 0.1) is 23.0 Å². The van der Waals surface area contributed by atoms with Gasteiger partial charge in [0, 0.05) is 13.6 Å². The van der Waals surface area contributed by atoms with Crippen molar-refractivity contribution in [2.45, 2.75) is 26.2 Å². The van der Waals surface area contributed by atoms with Crippen molar-refractivity contribution in [3.05, 3.63) is 23.8 Å². The Kier molecular flexibility index (Phi) is 4.65. The van der Waals surface area contributed by atoms with Crippen LogP contribution in [-0.4, -0.2) is 13.6 Å². The van der Waals surface area contributed by atoms with Crippen molar-refractivity contribution in [2.75, 3.05) is 24.2 Å². The van der Waals surface area contributed by atoms with E-state index >= 15 is 0 Å². The highest BCUT2D eigenvalue weighted by molar-refractivity contribution is 5.69. The Balaban J connectivity index is 2.74. The minimum atomic E-state index is 0.659. The number of unbranched alkanes of at least 4 members (excludes halogenated alkanes) is 2. The van der Waals surface area contributed by atoms with Gasteiger partial charge in [-0.25, -0.2) is 0 Å². The number of anilines is 2. The van der Waals surface area contributed by atoms with Crippen LogP contribution in [0.4, 0.5) is 11.4 Å². The molecule has 0 saturated carbocycles. The largest absolute Gasteiger partial charge is 0.397 e. The Hall–Kier alpha value is -1.69. The lowest BCUT2D eigenvalue weighted by Gasteiger charge is -2.21. The quantitative estimate of drug-likeness (QED) is 0.609. The third-order valence-corrected chi connectivity index (χ3v) is 2.67. The van der Waals surface area contributed by atoms with Gasteiger partial charge in [0.25, 0.3) is 0 Å². The maximum Gasteiger partial charge on any atom is 0.0992 e. The molecule has 86 valence electrons. The normalized spacial score (nSPS) is 9.81. The first-order valence-electron chi connectivity index (χ1n) is 5.69. The van der Waals surface area contributed by atoms with Crippen molar-refractivity contribution < 1.29 is 0 Å². The number of benzene rings is 1. The molecular weight excluding hydrogens is 198 g/mol. The number of rotatable bonds is 5. The zero-order chi connectivity index (χ0) is 12.0. The van der Waals surface area contributed by atoms with Crippen molar-refractivity contribution in [3.63, 3.8) is 0 Å². The molecule has 0 aliphatic carbocycles. The van der Waals surface area contributed by atoms with Gasteiger partial charge in [0.1, 0.15) is 0 Å². The number of nitrogens with two attached hydrogens (primary N) is 1. The third kappa shape index (κ3) is 3.16. The molecule has 0 atom stereocenters. The average molecular weight is 217 g/mol. The predicted molar refractivity (Wildman–Crippen MR) is 68.4 cm³/mol. The highest BCUT2D eigenvalue weighted by Gasteiger charge is 2.05. The van der Waals surface area contributed by atoms with E-state index in [4.69, 9.17) is 11.0 Å². The van der Waals surface area contributed by atoms with Crippen LogP contribution in [0.1, 0.15) is 31.7 Å². The lowest BCUT2D eigenvalue weighted by atomic mass is 10.1. The lowest BCUT2D eigenvalue weighted by molar-refractivity contribution is 0.705. The number of nitrogens with zero attached hydrogens (tertiary/aromatic N) is 2. The van der Waals surface area contributed by atoms with Gasteiger partial charge in [0.2, 0.25) is 0 Å². The van der Waals surface area contributed by atoms with E-state index in [-0.39, 0.29) is 0 Å². The molecule has 0 unspecified atom stereocenters. The maximum atomic E-state index is 8.84. The molecule has 1 aromatic carbocycles. The van der Waals surface area contributed by atoms with E-state index in [2.05, 4.69) is 17.9 Å². The number of nitrogen functional groups attached to an aromatic ring is 1. The first kappa shape index (κ1) is 12.4. The van der Waals surface area contributed by atoms with Crippen LogP contribution in [0.15, 0.2) is 18.2 Å². The Morgan fingerprint density at radius 1 is 1.38 bits per heavy atom. The second kappa shape index (κ2) is 6.02. The Labute approximate surface area is 97.5 Å². The summed E-state index contributed by atoms with van der Waals surface area (Å²) in [5.41, 5.74) is 8.25. The predicted octanol–water partition coefficient (Wildman–Crippen LogP) is 2.77. The summed E-state index contributed by atoms with van der Waals surface area (Å²) in [5.74, 6) is 0. The van der Waals surface area contributed by atoms with Crippen molar-refractivity contribution >= 4 is 11.4 Å². The van der Waals surface area contributed by atoms with Crippen LogP contribution >= 0.6 is 0 Å². The van der Waals surface area contributed by atoms with E-state index in [1.807, 2.05) is 13.1 Å². The zero-order valence-electron chi connectivity index (χ0n) is 10.0. The maximum absolute atomic E-state index is 8.84. The van der Waals surface area contributed by atoms with Gasteiger partial charge in [-0.2, -0.15) is 5.26 Å². The zero-order valence-corrected chi connectivity index (χ0v) is 10.0. The fraction of sp³-hybridized carbons (Fsp3) is 0.462. The van der Waals surface area contributed by atoms with Crippen molar-refractivity contribution in [1.82, 2.24) is 0 Å². The van der Waals surface area contributed by atoms with Gasteiger partial charge in [-0.05, 0) is 24.6 Å². The van der Waals surface area contributed by atoms with E-state index < -0.39 is 0 Å². The van der Waals surface area contributed by atoms with Gasteiger partial charge in [0.15, 0.2) is 0 Å². The van der Waals surface area contributed by atoms with Gasteiger partial charge in [-0.1, -0.05) is 19.8 Å². The molecule has 0 fully saturated rings. The second-order valence-electron chi connectivity index (χ2n) is 4.01. The van der Waals surface area contributed by atoms with Crippen LogP contribution in [-0.2, 0) is 0 Å². The van der Waals surface area contributed by atoms with E-state index in [0.29, 0.717) is 5.56 Å². The molecule has 1 rings (SSSR count). The molecule has 0 radical (unpaired) electrons. The van der Waals surface area contributed by atoms with Crippen LogP contribution in [0.5, 0.6) is 0 Å². The summed E-state index contributed by atoms with van der Waals surface area (Å²) in [7, 11) is 2.02. The Bertz CT molecular complexity index is 379. The standard InChI is InChI=1S/C13H19N3/c1-3-4-5-8-16(2)13-9-11(10-14)6-7-12(13)15/h6-7,9H,3-5,8,15H2,1-2H3. The molecular formula is C13H19N3. The average Bonchev–Trinajstić information content (AvgIpc) is 2.30. The SMILES string of the molecule is CCCCCN(C)c1cc(C#N)ccc1N. The molecule has 3 nitrogen and oxygen atoms in total. The molecule has 3 heteroatoms. The van der Waals surface area contributed by atoms with Crippen LogP contribution in [0, 0.1) is 11.3 Å². The first-order chi connectivity index (χ1) is 7.69. The molecule has 16 heavy (non-hydrogen) atoms. The van der Waals surface area contributed by atoms with Crippen LogP contribution in [0.2, 0.25) is 0 Å².